The summed E-state index contributed by atoms with van der Waals surface area (Å²) in [5, 5.41) is 12.0. The number of aryl methyl sites for hydroxylation is 3. The monoisotopic (exact) mass is 419 g/mol. The zero-order valence-corrected chi connectivity index (χ0v) is 17.0. The summed E-state index contributed by atoms with van der Waals surface area (Å²) >= 11 is 0. The van der Waals surface area contributed by atoms with E-state index in [0.29, 0.717) is 42.8 Å². The average molecular weight is 419 g/mol. The van der Waals surface area contributed by atoms with Crippen LogP contribution in [-0.4, -0.2) is 37.9 Å². The summed E-state index contributed by atoms with van der Waals surface area (Å²) < 4.78 is 16.1. The van der Waals surface area contributed by atoms with Gasteiger partial charge in [0.1, 0.15) is 0 Å². The number of esters is 1. The molecular formula is C22H21N5O4. The number of benzene rings is 1. The fourth-order valence-corrected chi connectivity index (χ4v) is 2.83. The van der Waals surface area contributed by atoms with Crippen molar-refractivity contribution in [3.63, 3.8) is 0 Å². The predicted molar refractivity (Wildman–Crippen MR) is 110 cm³/mol. The van der Waals surface area contributed by atoms with Crippen LogP contribution in [0.5, 0.6) is 0 Å². The third-order valence-corrected chi connectivity index (χ3v) is 4.49. The van der Waals surface area contributed by atoms with E-state index >= 15 is 0 Å². The van der Waals surface area contributed by atoms with Crippen LogP contribution < -0.4 is 0 Å². The molecule has 0 N–H and O–H groups in total. The van der Waals surface area contributed by atoms with Gasteiger partial charge < -0.3 is 13.7 Å². The number of carbonyl (C=O) groups is 1. The van der Waals surface area contributed by atoms with E-state index in [1.54, 1.807) is 12.4 Å². The summed E-state index contributed by atoms with van der Waals surface area (Å²) in [5.41, 5.74) is 2.79. The zero-order chi connectivity index (χ0) is 21.5. The van der Waals surface area contributed by atoms with Crippen molar-refractivity contribution in [1.29, 1.82) is 0 Å². The summed E-state index contributed by atoms with van der Waals surface area (Å²) in [7, 11) is 0. The molecule has 1 aromatic carbocycles. The fourth-order valence-electron chi connectivity index (χ4n) is 2.83. The van der Waals surface area contributed by atoms with E-state index in [0.717, 1.165) is 16.7 Å². The van der Waals surface area contributed by atoms with Crippen molar-refractivity contribution in [3.8, 4) is 22.8 Å². The number of rotatable bonds is 9. The minimum atomic E-state index is -0.323. The van der Waals surface area contributed by atoms with Gasteiger partial charge in [0.25, 0.3) is 0 Å². The second kappa shape index (κ2) is 9.75. The molecule has 31 heavy (non-hydrogen) atoms. The number of nitrogens with zero attached hydrogens (tertiary/aromatic N) is 5. The molecule has 0 spiro atoms. The maximum Gasteiger partial charge on any atom is 0.306 e. The lowest BCUT2D eigenvalue weighted by Crippen LogP contribution is -2.08. The molecule has 0 bridgehead atoms. The van der Waals surface area contributed by atoms with Crippen molar-refractivity contribution in [2.45, 2.75) is 32.6 Å². The van der Waals surface area contributed by atoms with Gasteiger partial charge in [-0.1, -0.05) is 22.9 Å². The van der Waals surface area contributed by atoms with Gasteiger partial charge >= 0.3 is 5.97 Å². The smallest absolute Gasteiger partial charge is 0.306 e. The molecule has 0 saturated carbocycles. The Morgan fingerprint density at radius 1 is 1.03 bits per heavy atom. The lowest BCUT2D eigenvalue weighted by Gasteiger charge is -2.02. The Kier molecular flexibility index (Phi) is 6.41. The number of ether oxygens (including phenoxy) is 1. The first kappa shape index (κ1) is 20.4. The largest absolute Gasteiger partial charge is 0.466 e. The molecule has 0 radical (unpaired) electrons. The van der Waals surface area contributed by atoms with Crippen LogP contribution in [-0.2, 0) is 22.4 Å². The molecule has 9 nitrogen and oxygen atoms in total. The van der Waals surface area contributed by atoms with Crippen LogP contribution in [0, 0.1) is 6.92 Å². The first-order valence-corrected chi connectivity index (χ1v) is 9.95. The molecule has 0 aliphatic heterocycles. The highest BCUT2D eigenvalue weighted by atomic mass is 16.5. The third kappa shape index (κ3) is 5.59. The summed E-state index contributed by atoms with van der Waals surface area (Å²) in [6.45, 7) is 2.28. The quantitative estimate of drug-likeness (QED) is 0.296. The van der Waals surface area contributed by atoms with Crippen LogP contribution in [0.4, 0.5) is 0 Å². The van der Waals surface area contributed by atoms with Crippen LogP contribution in [0.1, 0.15) is 30.2 Å². The van der Waals surface area contributed by atoms with Gasteiger partial charge in [-0.3, -0.25) is 9.78 Å². The molecule has 0 aliphatic rings. The van der Waals surface area contributed by atoms with E-state index in [1.807, 2.05) is 43.3 Å². The number of aromatic nitrogens is 5. The maximum atomic E-state index is 12.0. The van der Waals surface area contributed by atoms with Crippen LogP contribution in [0.15, 0.2) is 57.7 Å². The second-order valence-corrected chi connectivity index (χ2v) is 6.94. The molecule has 158 valence electrons. The van der Waals surface area contributed by atoms with Crippen molar-refractivity contribution in [1.82, 2.24) is 25.3 Å². The lowest BCUT2D eigenvalue weighted by atomic mass is 10.1. The Labute approximate surface area is 178 Å². The molecule has 4 aromatic rings. The average Bonchev–Trinajstić information content (AvgIpc) is 3.46. The summed E-state index contributed by atoms with van der Waals surface area (Å²) in [6, 6.07) is 11.5. The summed E-state index contributed by atoms with van der Waals surface area (Å²) in [5.74, 6) is 1.50. The van der Waals surface area contributed by atoms with Crippen molar-refractivity contribution >= 4 is 5.97 Å². The lowest BCUT2D eigenvalue weighted by molar-refractivity contribution is -0.143. The maximum absolute atomic E-state index is 12.0. The number of carbonyl (C=O) groups excluding carboxylic acids is 1. The molecule has 0 atom stereocenters. The highest BCUT2D eigenvalue weighted by Crippen LogP contribution is 2.19. The summed E-state index contributed by atoms with van der Waals surface area (Å²) in [4.78, 5) is 20.3. The predicted octanol–water partition coefficient (Wildman–Crippen LogP) is 3.60. The fraction of sp³-hybridized carbons (Fsp3) is 0.273. The van der Waals surface area contributed by atoms with Crippen LogP contribution >= 0.6 is 0 Å². The molecule has 0 amide bonds. The standard InChI is InChI=1S/C22H21N5O4/c1-15-6-8-16(9-7-15)22-26-25-19(30-22)10-11-20(28)29-13-3-5-18-24-21(27-31-18)17-4-2-12-23-14-17/h2,4,6-9,12,14H,3,5,10-11,13H2,1H3. The number of pyridine rings is 1. The van der Waals surface area contributed by atoms with E-state index < -0.39 is 0 Å². The Hall–Kier alpha value is -3.88. The minimum Gasteiger partial charge on any atom is -0.466 e. The zero-order valence-electron chi connectivity index (χ0n) is 17.0. The van der Waals surface area contributed by atoms with Crippen molar-refractivity contribution in [2.24, 2.45) is 0 Å². The van der Waals surface area contributed by atoms with Crippen LogP contribution in [0.3, 0.4) is 0 Å². The number of hydrogen-bond donors (Lipinski definition) is 0. The molecule has 3 heterocycles. The number of hydrogen-bond acceptors (Lipinski definition) is 9. The Morgan fingerprint density at radius 2 is 1.90 bits per heavy atom. The van der Waals surface area contributed by atoms with E-state index in [2.05, 4.69) is 25.3 Å². The second-order valence-electron chi connectivity index (χ2n) is 6.94. The van der Waals surface area contributed by atoms with Gasteiger partial charge in [-0.05, 0) is 37.6 Å². The van der Waals surface area contributed by atoms with Gasteiger partial charge in [-0.2, -0.15) is 4.98 Å². The Morgan fingerprint density at radius 3 is 2.71 bits per heavy atom. The molecule has 3 aromatic heterocycles. The van der Waals surface area contributed by atoms with Gasteiger partial charge in [0.15, 0.2) is 0 Å². The SMILES string of the molecule is Cc1ccc(-c2nnc(CCC(=O)OCCCc3nc(-c4cccnc4)no3)o2)cc1. The van der Waals surface area contributed by atoms with Gasteiger partial charge in [-0.25, -0.2) is 0 Å². The molecule has 9 heteroatoms. The minimum absolute atomic E-state index is 0.168. The van der Waals surface area contributed by atoms with E-state index in [9.17, 15) is 4.79 Å². The van der Waals surface area contributed by atoms with Crippen LogP contribution in [0.2, 0.25) is 0 Å². The highest BCUT2D eigenvalue weighted by Gasteiger charge is 2.12. The van der Waals surface area contributed by atoms with Gasteiger partial charge in [0.05, 0.1) is 13.0 Å². The van der Waals surface area contributed by atoms with Crippen molar-refractivity contribution < 1.29 is 18.5 Å². The van der Waals surface area contributed by atoms with Crippen molar-refractivity contribution in [3.05, 3.63) is 66.1 Å². The van der Waals surface area contributed by atoms with Crippen LogP contribution in [0.25, 0.3) is 22.8 Å². The first-order chi connectivity index (χ1) is 15.2. The molecular weight excluding hydrogens is 398 g/mol. The summed E-state index contributed by atoms with van der Waals surface area (Å²) in [6.07, 6.45) is 4.95. The Bertz CT molecular complexity index is 1120. The molecule has 0 fully saturated rings. The van der Waals surface area contributed by atoms with Gasteiger partial charge in [0.2, 0.25) is 23.5 Å². The first-order valence-electron chi connectivity index (χ1n) is 9.95. The third-order valence-electron chi connectivity index (χ3n) is 4.49. The molecule has 0 aliphatic carbocycles. The van der Waals surface area contributed by atoms with Gasteiger partial charge in [-0.15, -0.1) is 10.2 Å². The van der Waals surface area contributed by atoms with E-state index in [-0.39, 0.29) is 19.0 Å². The molecule has 0 unspecified atom stereocenters. The Balaban J connectivity index is 1.17. The van der Waals surface area contributed by atoms with Gasteiger partial charge in [0, 0.05) is 36.4 Å². The van der Waals surface area contributed by atoms with E-state index in [1.165, 1.54) is 0 Å². The highest BCUT2D eigenvalue weighted by molar-refractivity contribution is 5.69. The molecule has 0 saturated heterocycles. The normalized spacial score (nSPS) is 10.9. The van der Waals surface area contributed by atoms with E-state index in [4.69, 9.17) is 13.7 Å². The molecule has 4 rings (SSSR count). The topological polar surface area (TPSA) is 117 Å². The van der Waals surface area contributed by atoms with Crippen molar-refractivity contribution in [2.75, 3.05) is 6.61 Å².